The predicted molar refractivity (Wildman–Crippen MR) is 117 cm³/mol. The van der Waals surface area contributed by atoms with Gasteiger partial charge in [0.25, 0.3) is 0 Å². The third-order valence-electron chi connectivity index (χ3n) is 5.56. The smallest absolute Gasteiger partial charge is 0.235 e. The zero-order valence-corrected chi connectivity index (χ0v) is 17.2. The maximum Gasteiger partial charge on any atom is 0.235 e. The third kappa shape index (κ3) is 4.26. The van der Waals surface area contributed by atoms with Gasteiger partial charge in [-0.3, -0.25) is 4.79 Å². The highest BCUT2D eigenvalue weighted by Gasteiger charge is 2.52. The van der Waals surface area contributed by atoms with Crippen LogP contribution >= 0.6 is 0 Å². The summed E-state index contributed by atoms with van der Waals surface area (Å²) in [7, 11) is 1.58. The first-order valence-corrected chi connectivity index (χ1v) is 10.1. The number of ether oxygens (including phenoxy) is 2. The molecule has 0 aromatic heterocycles. The van der Waals surface area contributed by atoms with Gasteiger partial charge in [0.15, 0.2) is 0 Å². The Morgan fingerprint density at radius 3 is 2.19 bits per heavy atom. The Bertz CT molecular complexity index is 1000. The van der Waals surface area contributed by atoms with Crippen LogP contribution in [0.1, 0.15) is 17.2 Å². The molecule has 1 heterocycles. The van der Waals surface area contributed by atoms with E-state index in [9.17, 15) is 15.0 Å². The number of hydrogen-bond donors (Lipinski definition) is 2. The Kier molecular flexibility index (Phi) is 6.21. The number of carbonyl (C=O) groups is 1. The van der Waals surface area contributed by atoms with Gasteiger partial charge in [0.05, 0.1) is 31.8 Å². The van der Waals surface area contributed by atoms with Crippen molar-refractivity contribution < 1.29 is 24.5 Å². The molecule has 0 bridgehead atoms. The topological polar surface area (TPSA) is 79.2 Å². The highest BCUT2D eigenvalue weighted by Crippen LogP contribution is 2.45. The van der Waals surface area contributed by atoms with Gasteiger partial charge in [0.1, 0.15) is 18.1 Å². The van der Waals surface area contributed by atoms with E-state index in [1.807, 2.05) is 66.7 Å². The van der Waals surface area contributed by atoms with Crippen LogP contribution < -0.4 is 14.4 Å². The van der Waals surface area contributed by atoms with Crippen molar-refractivity contribution in [3.63, 3.8) is 0 Å². The molecule has 0 unspecified atom stereocenters. The van der Waals surface area contributed by atoms with Gasteiger partial charge in [-0.2, -0.15) is 0 Å². The van der Waals surface area contributed by atoms with Crippen LogP contribution in [-0.4, -0.2) is 35.9 Å². The van der Waals surface area contributed by atoms with E-state index in [1.165, 1.54) is 0 Å². The highest BCUT2D eigenvalue weighted by atomic mass is 16.5. The lowest BCUT2D eigenvalue weighted by atomic mass is 9.78. The second kappa shape index (κ2) is 9.20. The van der Waals surface area contributed by atoms with Crippen LogP contribution in [0, 0.1) is 5.92 Å². The Labute approximate surface area is 181 Å². The van der Waals surface area contributed by atoms with Crippen LogP contribution in [0.5, 0.6) is 11.5 Å². The molecule has 160 valence electrons. The average Bonchev–Trinajstić information content (AvgIpc) is 2.82. The van der Waals surface area contributed by atoms with Crippen LogP contribution in [0.25, 0.3) is 0 Å². The third-order valence-corrected chi connectivity index (χ3v) is 5.56. The fraction of sp³-hybridized carbons (Fsp3) is 0.240. The van der Waals surface area contributed by atoms with Gasteiger partial charge in [0, 0.05) is 5.69 Å². The Hall–Kier alpha value is -3.35. The molecule has 4 rings (SSSR count). The minimum absolute atomic E-state index is 0.221. The minimum atomic E-state index is -1.12. The molecule has 2 N–H and O–H groups in total. The number of β-lactam (4-membered cyclic amide) rings is 1. The summed E-state index contributed by atoms with van der Waals surface area (Å²) in [4.78, 5) is 14.5. The van der Waals surface area contributed by atoms with Crippen molar-refractivity contribution in [2.45, 2.75) is 18.8 Å². The standard InChI is InChI=1S/C25H25NO5/c1-30-20-13-9-19(10-14-20)26-24(23(25(26)29)22(28)15-27)18-7-11-21(12-8-18)31-16-17-5-3-2-4-6-17/h2-14,22-24,27-28H,15-16H2,1H3/t22-,23-,24-/m1/s1. The summed E-state index contributed by atoms with van der Waals surface area (Å²) in [5, 5.41) is 19.7. The molecular weight excluding hydrogens is 394 g/mol. The summed E-state index contributed by atoms with van der Waals surface area (Å²) in [5.74, 6) is 0.484. The summed E-state index contributed by atoms with van der Waals surface area (Å²) in [6.07, 6.45) is -1.12. The molecule has 6 nitrogen and oxygen atoms in total. The number of nitrogens with zero attached hydrogens (tertiary/aromatic N) is 1. The van der Waals surface area contributed by atoms with E-state index in [2.05, 4.69) is 0 Å². The van der Waals surface area contributed by atoms with E-state index in [4.69, 9.17) is 9.47 Å². The van der Waals surface area contributed by atoms with E-state index in [1.54, 1.807) is 24.1 Å². The van der Waals surface area contributed by atoms with Gasteiger partial charge in [-0.1, -0.05) is 42.5 Å². The quantitative estimate of drug-likeness (QED) is 0.548. The molecular formula is C25H25NO5. The van der Waals surface area contributed by atoms with E-state index >= 15 is 0 Å². The number of benzene rings is 3. The van der Waals surface area contributed by atoms with E-state index < -0.39 is 18.6 Å². The summed E-state index contributed by atoms with van der Waals surface area (Å²) in [6, 6.07) is 24.2. The van der Waals surface area contributed by atoms with Crippen LogP contribution in [-0.2, 0) is 11.4 Å². The Balaban J connectivity index is 1.55. The molecule has 1 amide bonds. The van der Waals surface area contributed by atoms with E-state index in [0.29, 0.717) is 23.8 Å². The number of rotatable bonds is 8. The van der Waals surface area contributed by atoms with Crippen molar-refractivity contribution in [2.75, 3.05) is 18.6 Å². The molecule has 0 spiro atoms. The first-order valence-electron chi connectivity index (χ1n) is 10.1. The maximum absolute atomic E-state index is 12.8. The van der Waals surface area contributed by atoms with Gasteiger partial charge in [0.2, 0.25) is 5.91 Å². The number of hydrogen-bond acceptors (Lipinski definition) is 5. The van der Waals surface area contributed by atoms with E-state index in [-0.39, 0.29) is 11.9 Å². The molecule has 3 atom stereocenters. The first-order chi connectivity index (χ1) is 15.1. The van der Waals surface area contributed by atoms with Gasteiger partial charge in [-0.05, 0) is 47.5 Å². The van der Waals surface area contributed by atoms with Gasteiger partial charge in [-0.15, -0.1) is 0 Å². The number of carbonyl (C=O) groups excluding carboxylic acids is 1. The lowest BCUT2D eigenvalue weighted by Gasteiger charge is -2.49. The molecule has 6 heteroatoms. The van der Waals surface area contributed by atoms with Crippen LogP contribution in [0.2, 0.25) is 0 Å². The first kappa shape index (κ1) is 20.9. The lowest BCUT2D eigenvalue weighted by molar-refractivity contribution is -0.137. The fourth-order valence-corrected chi connectivity index (χ4v) is 3.89. The van der Waals surface area contributed by atoms with Crippen molar-refractivity contribution >= 4 is 11.6 Å². The fourth-order valence-electron chi connectivity index (χ4n) is 3.89. The summed E-state index contributed by atoms with van der Waals surface area (Å²) in [6.45, 7) is -0.00639. The molecule has 0 radical (unpaired) electrons. The second-order valence-electron chi connectivity index (χ2n) is 7.47. The van der Waals surface area contributed by atoms with Crippen LogP contribution in [0.4, 0.5) is 5.69 Å². The van der Waals surface area contributed by atoms with Crippen molar-refractivity contribution in [1.82, 2.24) is 0 Å². The van der Waals surface area contributed by atoms with Gasteiger partial charge >= 0.3 is 0 Å². The SMILES string of the molecule is COc1ccc(N2C(=O)[C@H]([C@H](O)CO)[C@H]2c2ccc(OCc3ccccc3)cc2)cc1. The van der Waals surface area contributed by atoms with Crippen molar-refractivity contribution in [3.8, 4) is 11.5 Å². The highest BCUT2D eigenvalue weighted by molar-refractivity contribution is 6.03. The van der Waals surface area contributed by atoms with Crippen molar-refractivity contribution in [1.29, 1.82) is 0 Å². The number of methoxy groups -OCH3 is 1. The average molecular weight is 419 g/mol. The molecule has 1 saturated heterocycles. The second-order valence-corrected chi connectivity index (χ2v) is 7.47. The lowest BCUT2D eigenvalue weighted by Crippen LogP contribution is -2.60. The molecule has 1 aliphatic heterocycles. The molecule has 1 aliphatic rings. The van der Waals surface area contributed by atoms with Crippen molar-refractivity contribution in [3.05, 3.63) is 90.0 Å². The number of anilines is 1. The molecule has 3 aromatic rings. The summed E-state index contributed by atoms with van der Waals surface area (Å²) >= 11 is 0. The van der Waals surface area contributed by atoms with Crippen molar-refractivity contribution in [2.24, 2.45) is 5.92 Å². The molecule has 1 fully saturated rings. The minimum Gasteiger partial charge on any atom is -0.497 e. The molecule has 0 aliphatic carbocycles. The number of aliphatic hydroxyl groups is 2. The zero-order valence-electron chi connectivity index (χ0n) is 17.2. The van der Waals surface area contributed by atoms with Crippen LogP contribution in [0.3, 0.4) is 0 Å². The normalized spacial score (nSPS) is 18.9. The molecule has 0 saturated carbocycles. The predicted octanol–water partition coefficient (Wildman–Crippen LogP) is 3.33. The largest absolute Gasteiger partial charge is 0.497 e. The number of amides is 1. The monoisotopic (exact) mass is 419 g/mol. The Morgan fingerprint density at radius 2 is 1.58 bits per heavy atom. The van der Waals surface area contributed by atoms with Gasteiger partial charge < -0.3 is 24.6 Å². The van der Waals surface area contributed by atoms with E-state index in [0.717, 1.165) is 11.1 Å². The number of aliphatic hydroxyl groups excluding tert-OH is 2. The summed E-state index contributed by atoms with van der Waals surface area (Å²) < 4.78 is 11.0. The Morgan fingerprint density at radius 1 is 0.935 bits per heavy atom. The molecule has 31 heavy (non-hydrogen) atoms. The van der Waals surface area contributed by atoms with Crippen LogP contribution in [0.15, 0.2) is 78.9 Å². The zero-order chi connectivity index (χ0) is 21.8. The molecule has 3 aromatic carbocycles. The maximum atomic E-state index is 12.8. The summed E-state index contributed by atoms with van der Waals surface area (Å²) in [5.41, 5.74) is 2.65. The van der Waals surface area contributed by atoms with Gasteiger partial charge in [-0.25, -0.2) is 0 Å².